The predicted octanol–water partition coefficient (Wildman–Crippen LogP) is 3.20. The minimum absolute atomic E-state index is 0.161. The van der Waals surface area contributed by atoms with Gasteiger partial charge in [0.25, 0.3) is 17.6 Å². The zero-order valence-electron chi connectivity index (χ0n) is 22.4. The summed E-state index contributed by atoms with van der Waals surface area (Å²) < 4.78 is 12.7. The molecule has 0 aliphatic heterocycles. The number of carbonyl (C=O) groups excluding carboxylic acids is 4. The lowest BCUT2D eigenvalue weighted by Gasteiger charge is -2.17. The summed E-state index contributed by atoms with van der Waals surface area (Å²) in [6, 6.07) is 23.2. The summed E-state index contributed by atoms with van der Waals surface area (Å²) in [5, 5.41) is 3.07. The number of ketones is 1. The summed E-state index contributed by atoms with van der Waals surface area (Å²) >= 11 is 0. The quantitative estimate of drug-likeness (QED) is 0.161. The van der Waals surface area contributed by atoms with Crippen LogP contribution in [0.25, 0.3) is 10.9 Å². The molecule has 0 radical (unpaired) electrons. The summed E-state index contributed by atoms with van der Waals surface area (Å²) in [7, 11) is 1.26. The van der Waals surface area contributed by atoms with Gasteiger partial charge in [0.15, 0.2) is 6.61 Å². The second-order valence-corrected chi connectivity index (χ2v) is 9.21. The average molecular weight is 542 g/mol. The van der Waals surface area contributed by atoms with Crippen molar-refractivity contribution in [2.24, 2.45) is 5.73 Å². The second kappa shape index (κ2) is 12.8. The van der Waals surface area contributed by atoms with Gasteiger partial charge in [0.2, 0.25) is 0 Å². The van der Waals surface area contributed by atoms with Gasteiger partial charge in [0.1, 0.15) is 11.8 Å². The van der Waals surface area contributed by atoms with Gasteiger partial charge in [-0.15, -0.1) is 0 Å². The summed E-state index contributed by atoms with van der Waals surface area (Å²) in [4.78, 5) is 50.3. The van der Waals surface area contributed by atoms with Gasteiger partial charge in [-0.25, -0.2) is 4.79 Å². The number of nitrogens with one attached hydrogen (secondary N) is 1. The molecule has 0 unspecified atom stereocenters. The number of nitrogens with two attached hydrogens (primary N) is 1. The van der Waals surface area contributed by atoms with Crippen LogP contribution in [0.4, 0.5) is 0 Å². The summed E-state index contributed by atoms with van der Waals surface area (Å²) in [6.07, 6.45) is 0.699. The molecule has 9 nitrogen and oxygen atoms in total. The van der Waals surface area contributed by atoms with Crippen LogP contribution in [0.3, 0.4) is 0 Å². The minimum atomic E-state index is -1.08. The zero-order valence-corrected chi connectivity index (χ0v) is 22.4. The van der Waals surface area contributed by atoms with E-state index in [1.165, 1.54) is 7.11 Å². The molecule has 4 rings (SSSR count). The number of fused-ring (bicyclic) bond motifs is 1. The molecular formula is C31H31N3O6. The Morgan fingerprint density at radius 2 is 1.55 bits per heavy atom. The number of carbonyl (C=O) groups is 4. The Bertz CT molecular complexity index is 1530. The van der Waals surface area contributed by atoms with Crippen LogP contribution in [0.2, 0.25) is 0 Å². The number of esters is 1. The molecule has 0 bridgehead atoms. The van der Waals surface area contributed by atoms with Crippen LogP contribution in [-0.2, 0) is 38.5 Å². The fourth-order valence-corrected chi connectivity index (χ4v) is 4.79. The molecule has 2 amide bonds. The van der Waals surface area contributed by atoms with Crippen LogP contribution in [0.5, 0.6) is 5.75 Å². The molecular weight excluding hydrogens is 510 g/mol. The fraction of sp³-hybridized carbons (Fsp3) is 0.226. The van der Waals surface area contributed by atoms with Crippen molar-refractivity contribution >= 4 is 34.5 Å². The normalized spacial score (nSPS) is 11.6. The third-order valence-electron chi connectivity index (χ3n) is 6.59. The highest BCUT2D eigenvalue weighted by Crippen LogP contribution is 2.35. The lowest BCUT2D eigenvalue weighted by atomic mass is 10.0. The molecule has 0 saturated heterocycles. The van der Waals surface area contributed by atoms with Gasteiger partial charge in [-0.3, -0.25) is 14.4 Å². The number of hydrogen-bond donors (Lipinski definition) is 2. The third kappa shape index (κ3) is 6.20. The van der Waals surface area contributed by atoms with Crippen LogP contribution < -0.4 is 15.8 Å². The monoisotopic (exact) mass is 541 g/mol. The Morgan fingerprint density at radius 1 is 0.900 bits per heavy atom. The molecule has 40 heavy (non-hydrogen) atoms. The van der Waals surface area contributed by atoms with Crippen molar-refractivity contribution in [1.29, 1.82) is 0 Å². The van der Waals surface area contributed by atoms with E-state index in [0.717, 1.165) is 11.1 Å². The van der Waals surface area contributed by atoms with Crippen LogP contribution in [0.15, 0.2) is 78.9 Å². The SMILES string of the molecule is CCc1c(C(=O)C(N)=O)c2c(OCC(=O)N[C@H](Cc3ccccc3)C(=O)OC)cccc2n1Cc1ccccc1. The number of primary amides is 1. The van der Waals surface area contributed by atoms with Crippen molar-refractivity contribution in [2.45, 2.75) is 32.4 Å². The number of aromatic nitrogens is 1. The van der Waals surface area contributed by atoms with Gasteiger partial charge < -0.3 is 25.1 Å². The minimum Gasteiger partial charge on any atom is -0.483 e. The molecule has 0 spiro atoms. The second-order valence-electron chi connectivity index (χ2n) is 9.21. The number of amides is 2. The highest BCUT2D eigenvalue weighted by atomic mass is 16.5. The van der Waals surface area contributed by atoms with E-state index >= 15 is 0 Å². The summed E-state index contributed by atoms with van der Waals surface area (Å²) in [6.45, 7) is 1.91. The van der Waals surface area contributed by atoms with Crippen LogP contribution in [-0.4, -0.2) is 47.9 Å². The van der Waals surface area contributed by atoms with E-state index in [0.29, 0.717) is 29.6 Å². The maximum Gasteiger partial charge on any atom is 0.328 e. The molecule has 3 aromatic carbocycles. The number of ether oxygens (including phenoxy) is 2. The maximum absolute atomic E-state index is 13.0. The van der Waals surface area contributed by atoms with E-state index in [9.17, 15) is 19.2 Å². The standard InChI is InChI=1S/C31H31N3O6/c1-3-23-28(29(36)30(32)37)27-24(34(23)18-21-13-8-5-9-14-21)15-10-16-25(27)40-19-26(35)33-22(31(38)39-2)17-20-11-6-4-7-12-20/h4-16,22H,3,17-19H2,1-2H3,(H2,32,37)(H,33,35)/t22-/m1/s1. The summed E-state index contributed by atoms with van der Waals surface area (Å²) in [5.41, 5.74) is 8.75. The molecule has 0 aliphatic rings. The highest BCUT2D eigenvalue weighted by molar-refractivity contribution is 6.45. The van der Waals surface area contributed by atoms with Crippen LogP contribution in [0.1, 0.15) is 34.1 Å². The average Bonchev–Trinajstić information content (AvgIpc) is 3.29. The molecule has 3 N–H and O–H groups in total. The molecule has 1 aromatic heterocycles. The van der Waals surface area contributed by atoms with E-state index in [2.05, 4.69) is 5.32 Å². The first kappa shape index (κ1) is 28.1. The van der Waals surface area contributed by atoms with Gasteiger partial charge in [0, 0.05) is 18.7 Å². The number of methoxy groups -OCH3 is 1. The molecule has 0 aliphatic carbocycles. The van der Waals surface area contributed by atoms with Gasteiger partial charge in [-0.05, 0) is 29.7 Å². The number of Topliss-reactive ketones (excluding diaryl/α,β-unsaturated/α-hetero) is 1. The van der Waals surface area contributed by atoms with E-state index < -0.39 is 36.2 Å². The Balaban J connectivity index is 1.65. The number of rotatable bonds is 12. The molecule has 1 heterocycles. The largest absolute Gasteiger partial charge is 0.483 e. The van der Waals surface area contributed by atoms with Crippen molar-refractivity contribution in [1.82, 2.24) is 9.88 Å². The predicted molar refractivity (Wildman–Crippen MR) is 150 cm³/mol. The molecule has 4 aromatic rings. The van der Waals surface area contributed by atoms with Crippen molar-refractivity contribution < 1.29 is 28.7 Å². The Morgan fingerprint density at radius 3 is 2.15 bits per heavy atom. The maximum atomic E-state index is 13.0. The van der Waals surface area contributed by atoms with Gasteiger partial charge in [0.05, 0.1) is 23.6 Å². The first-order valence-corrected chi connectivity index (χ1v) is 12.9. The first-order chi connectivity index (χ1) is 19.3. The first-order valence-electron chi connectivity index (χ1n) is 12.9. The number of hydrogen-bond acceptors (Lipinski definition) is 6. The smallest absolute Gasteiger partial charge is 0.328 e. The lowest BCUT2D eigenvalue weighted by Crippen LogP contribution is -2.44. The number of benzene rings is 3. The number of nitrogens with zero attached hydrogens (tertiary/aromatic N) is 1. The molecule has 0 saturated carbocycles. The molecule has 206 valence electrons. The molecule has 9 heteroatoms. The Labute approximate surface area is 231 Å². The Hall–Kier alpha value is -4.92. The summed E-state index contributed by atoms with van der Waals surface area (Å²) in [5.74, 6) is -2.80. The van der Waals surface area contributed by atoms with Gasteiger partial charge in [-0.1, -0.05) is 73.7 Å². The fourth-order valence-electron chi connectivity index (χ4n) is 4.79. The lowest BCUT2D eigenvalue weighted by molar-refractivity contribution is -0.145. The zero-order chi connectivity index (χ0) is 28.6. The van der Waals surface area contributed by atoms with Crippen molar-refractivity contribution in [3.63, 3.8) is 0 Å². The van der Waals surface area contributed by atoms with E-state index in [-0.39, 0.29) is 17.7 Å². The molecule has 1 atom stereocenters. The van der Waals surface area contributed by atoms with Crippen molar-refractivity contribution in [3.8, 4) is 5.75 Å². The van der Waals surface area contributed by atoms with Crippen LogP contribution in [0, 0.1) is 0 Å². The topological polar surface area (TPSA) is 130 Å². The van der Waals surface area contributed by atoms with Crippen molar-refractivity contribution in [2.75, 3.05) is 13.7 Å². The van der Waals surface area contributed by atoms with Gasteiger partial charge >= 0.3 is 5.97 Å². The molecule has 0 fully saturated rings. The van der Waals surface area contributed by atoms with Gasteiger partial charge in [-0.2, -0.15) is 0 Å². The third-order valence-corrected chi connectivity index (χ3v) is 6.59. The highest BCUT2D eigenvalue weighted by Gasteiger charge is 2.28. The van der Waals surface area contributed by atoms with E-state index in [4.69, 9.17) is 15.2 Å². The van der Waals surface area contributed by atoms with E-state index in [1.807, 2.05) is 78.2 Å². The van der Waals surface area contributed by atoms with E-state index in [1.54, 1.807) is 12.1 Å². The van der Waals surface area contributed by atoms with Crippen molar-refractivity contribution in [3.05, 3.63) is 101 Å². The Kier molecular flexibility index (Phi) is 8.96. The van der Waals surface area contributed by atoms with Crippen LogP contribution >= 0.6 is 0 Å².